The Kier molecular flexibility index (Phi) is 6.89. The van der Waals surface area contributed by atoms with Crippen molar-refractivity contribution in [2.24, 2.45) is 11.7 Å². The molecule has 0 spiro atoms. The van der Waals surface area contributed by atoms with Gasteiger partial charge in [0.1, 0.15) is 5.82 Å². The Labute approximate surface area is 199 Å². The van der Waals surface area contributed by atoms with Crippen LogP contribution in [0.2, 0.25) is 10.0 Å². The SMILES string of the molecule is CC(C)C(N)c1c(C(=O)N2CCCCC2)nc(-c2ccccc2Cl)n1-c1ccc(Cl)cc1. The van der Waals surface area contributed by atoms with E-state index < -0.39 is 6.04 Å². The molecule has 1 unspecified atom stereocenters. The van der Waals surface area contributed by atoms with E-state index in [1.165, 1.54) is 0 Å². The summed E-state index contributed by atoms with van der Waals surface area (Å²) in [6.45, 7) is 5.58. The van der Waals surface area contributed by atoms with Crippen molar-refractivity contribution in [3.05, 3.63) is 70.0 Å². The number of nitrogens with zero attached hydrogens (tertiary/aromatic N) is 3. The summed E-state index contributed by atoms with van der Waals surface area (Å²) in [6, 6.07) is 14.6. The van der Waals surface area contributed by atoms with E-state index in [0.717, 1.165) is 43.6 Å². The van der Waals surface area contributed by atoms with Gasteiger partial charge in [-0.3, -0.25) is 9.36 Å². The molecular weight excluding hydrogens is 443 g/mol. The first-order chi connectivity index (χ1) is 15.4. The van der Waals surface area contributed by atoms with Crippen molar-refractivity contribution in [1.29, 1.82) is 0 Å². The fraction of sp³-hybridized carbons (Fsp3) is 0.360. The van der Waals surface area contributed by atoms with Crippen LogP contribution >= 0.6 is 23.2 Å². The molecule has 3 aromatic rings. The van der Waals surface area contributed by atoms with E-state index in [1.54, 1.807) is 0 Å². The molecule has 4 rings (SSSR count). The summed E-state index contributed by atoms with van der Waals surface area (Å²) in [5, 5.41) is 1.20. The maximum Gasteiger partial charge on any atom is 0.274 e. The normalized spacial score (nSPS) is 15.2. The molecule has 1 aromatic heterocycles. The van der Waals surface area contributed by atoms with Gasteiger partial charge in [0.2, 0.25) is 0 Å². The highest BCUT2D eigenvalue weighted by Crippen LogP contribution is 2.36. The lowest BCUT2D eigenvalue weighted by atomic mass is 9.99. The fourth-order valence-corrected chi connectivity index (χ4v) is 4.48. The van der Waals surface area contributed by atoms with Crippen LogP contribution in [0, 0.1) is 5.92 Å². The van der Waals surface area contributed by atoms with E-state index >= 15 is 0 Å². The van der Waals surface area contributed by atoms with Gasteiger partial charge in [-0.2, -0.15) is 0 Å². The molecule has 32 heavy (non-hydrogen) atoms. The predicted octanol–water partition coefficient (Wildman–Crippen LogP) is 6.13. The molecule has 1 saturated heterocycles. The zero-order chi connectivity index (χ0) is 22.8. The number of benzene rings is 2. The van der Waals surface area contributed by atoms with E-state index in [0.29, 0.717) is 27.3 Å². The smallest absolute Gasteiger partial charge is 0.274 e. The minimum atomic E-state index is -0.391. The average Bonchev–Trinajstić information content (AvgIpc) is 3.19. The molecule has 1 fully saturated rings. The number of aromatic nitrogens is 2. The first kappa shape index (κ1) is 22.8. The zero-order valence-corrected chi connectivity index (χ0v) is 19.9. The summed E-state index contributed by atoms with van der Waals surface area (Å²) in [5.74, 6) is 0.631. The summed E-state index contributed by atoms with van der Waals surface area (Å²) in [7, 11) is 0. The van der Waals surface area contributed by atoms with Crippen LogP contribution in [0.3, 0.4) is 0 Å². The predicted molar refractivity (Wildman–Crippen MR) is 131 cm³/mol. The minimum Gasteiger partial charge on any atom is -0.337 e. The highest BCUT2D eigenvalue weighted by molar-refractivity contribution is 6.33. The number of halogens is 2. The molecule has 0 saturated carbocycles. The summed E-state index contributed by atoms with van der Waals surface area (Å²) in [5.41, 5.74) is 9.40. The van der Waals surface area contributed by atoms with Crippen LogP contribution in [0.1, 0.15) is 55.3 Å². The Hall–Kier alpha value is -2.34. The van der Waals surface area contributed by atoms with Crippen LogP contribution < -0.4 is 5.73 Å². The van der Waals surface area contributed by atoms with Gasteiger partial charge in [0.15, 0.2) is 5.69 Å². The Bertz CT molecular complexity index is 1100. The third-order valence-corrected chi connectivity index (χ3v) is 6.57. The molecule has 168 valence electrons. The quantitative estimate of drug-likeness (QED) is 0.487. The number of amides is 1. The number of hydrogen-bond acceptors (Lipinski definition) is 3. The molecule has 0 aliphatic carbocycles. The van der Waals surface area contributed by atoms with Gasteiger partial charge in [-0.25, -0.2) is 4.98 Å². The van der Waals surface area contributed by atoms with Gasteiger partial charge in [0, 0.05) is 29.4 Å². The van der Waals surface area contributed by atoms with Crippen molar-refractivity contribution in [2.45, 2.75) is 39.2 Å². The van der Waals surface area contributed by atoms with Crippen molar-refractivity contribution >= 4 is 29.1 Å². The standard InChI is InChI=1S/C25H28Cl2N4O/c1-16(2)21(28)23-22(25(32)30-14-6-3-7-15-30)29-24(19-8-4-5-9-20(19)27)31(23)18-12-10-17(26)11-13-18/h4-5,8-13,16,21H,3,6-7,14-15,28H2,1-2H3. The van der Waals surface area contributed by atoms with E-state index in [9.17, 15) is 4.79 Å². The average molecular weight is 471 g/mol. The first-order valence-corrected chi connectivity index (χ1v) is 11.8. The third-order valence-electron chi connectivity index (χ3n) is 5.99. The first-order valence-electron chi connectivity index (χ1n) is 11.1. The van der Waals surface area contributed by atoms with Crippen LogP contribution in [0.4, 0.5) is 0 Å². The maximum atomic E-state index is 13.7. The lowest BCUT2D eigenvalue weighted by Crippen LogP contribution is -2.37. The van der Waals surface area contributed by atoms with E-state index in [2.05, 4.69) is 0 Å². The molecule has 1 atom stereocenters. The van der Waals surface area contributed by atoms with Crippen molar-refractivity contribution in [2.75, 3.05) is 13.1 Å². The van der Waals surface area contributed by atoms with Gasteiger partial charge in [-0.05, 0) is 61.6 Å². The fourth-order valence-electron chi connectivity index (χ4n) is 4.13. The number of hydrogen-bond donors (Lipinski definition) is 1. The molecule has 2 heterocycles. The highest BCUT2D eigenvalue weighted by atomic mass is 35.5. The second-order valence-electron chi connectivity index (χ2n) is 8.58. The van der Waals surface area contributed by atoms with Crippen molar-refractivity contribution in [1.82, 2.24) is 14.5 Å². The van der Waals surface area contributed by atoms with Crippen molar-refractivity contribution in [3.8, 4) is 17.1 Å². The van der Waals surface area contributed by atoms with Gasteiger partial charge in [0.25, 0.3) is 5.91 Å². The Morgan fingerprint density at radius 1 is 1.00 bits per heavy atom. The van der Waals surface area contributed by atoms with E-state index in [-0.39, 0.29) is 11.8 Å². The van der Waals surface area contributed by atoms with Crippen LogP contribution in [0.25, 0.3) is 17.1 Å². The highest BCUT2D eigenvalue weighted by Gasteiger charge is 2.32. The second kappa shape index (κ2) is 9.65. The minimum absolute atomic E-state index is 0.0724. The summed E-state index contributed by atoms with van der Waals surface area (Å²) >= 11 is 12.7. The Morgan fingerprint density at radius 2 is 1.66 bits per heavy atom. The van der Waals surface area contributed by atoms with Crippen molar-refractivity contribution < 1.29 is 4.79 Å². The van der Waals surface area contributed by atoms with E-state index in [1.807, 2.05) is 71.8 Å². The maximum absolute atomic E-state index is 13.7. The molecule has 1 amide bonds. The molecule has 5 nitrogen and oxygen atoms in total. The number of piperidine rings is 1. The van der Waals surface area contributed by atoms with Crippen LogP contribution in [-0.2, 0) is 0 Å². The lowest BCUT2D eigenvalue weighted by Gasteiger charge is -2.27. The Morgan fingerprint density at radius 3 is 2.28 bits per heavy atom. The number of likely N-dealkylation sites (tertiary alicyclic amines) is 1. The molecule has 7 heteroatoms. The molecular formula is C25H28Cl2N4O. The monoisotopic (exact) mass is 470 g/mol. The van der Waals surface area contributed by atoms with Gasteiger partial charge in [-0.15, -0.1) is 0 Å². The molecule has 2 N–H and O–H groups in total. The Balaban J connectivity index is 1.99. The van der Waals surface area contributed by atoms with E-state index in [4.69, 9.17) is 33.9 Å². The number of imidazole rings is 1. The van der Waals surface area contributed by atoms with Crippen molar-refractivity contribution in [3.63, 3.8) is 0 Å². The number of rotatable bonds is 5. The third kappa shape index (κ3) is 4.42. The summed E-state index contributed by atoms with van der Waals surface area (Å²) < 4.78 is 1.97. The molecule has 1 aliphatic heterocycles. The molecule has 0 bridgehead atoms. The molecule has 2 aromatic carbocycles. The summed E-state index contributed by atoms with van der Waals surface area (Å²) in [6.07, 6.45) is 3.16. The topological polar surface area (TPSA) is 64.2 Å². The van der Waals surface area contributed by atoms with Gasteiger partial charge >= 0.3 is 0 Å². The number of carbonyl (C=O) groups excluding carboxylic acids is 1. The zero-order valence-electron chi connectivity index (χ0n) is 18.4. The van der Waals surface area contributed by atoms with Gasteiger partial charge in [0.05, 0.1) is 16.8 Å². The summed E-state index contributed by atoms with van der Waals surface area (Å²) in [4.78, 5) is 20.4. The van der Waals surface area contributed by atoms with Gasteiger partial charge < -0.3 is 10.6 Å². The lowest BCUT2D eigenvalue weighted by molar-refractivity contribution is 0.0716. The van der Waals surface area contributed by atoms with Crippen LogP contribution in [-0.4, -0.2) is 33.4 Å². The van der Waals surface area contributed by atoms with Crippen LogP contribution in [0.15, 0.2) is 48.5 Å². The molecule has 0 radical (unpaired) electrons. The molecule has 1 aliphatic rings. The number of nitrogens with two attached hydrogens (primary N) is 1. The van der Waals surface area contributed by atoms with Gasteiger partial charge in [-0.1, -0.05) is 49.2 Å². The largest absolute Gasteiger partial charge is 0.337 e. The second-order valence-corrected chi connectivity index (χ2v) is 9.43. The van der Waals surface area contributed by atoms with Crippen LogP contribution in [0.5, 0.6) is 0 Å². The number of carbonyl (C=O) groups is 1.